The predicted octanol–water partition coefficient (Wildman–Crippen LogP) is 3.90. The van der Waals surface area contributed by atoms with Crippen LogP contribution in [0, 0.1) is 0 Å². The van der Waals surface area contributed by atoms with Crippen LogP contribution in [0.25, 0.3) is 0 Å². The van der Waals surface area contributed by atoms with E-state index >= 15 is 0 Å². The van der Waals surface area contributed by atoms with Gasteiger partial charge < -0.3 is 9.84 Å². The van der Waals surface area contributed by atoms with E-state index in [0.29, 0.717) is 0 Å². The molecule has 0 aromatic heterocycles. The summed E-state index contributed by atoms with van der Waals surface area (Å²) in [6.45, 7) is 4.13. The van der Waals surface area contributed by atoms with Crippen LogP contribution in [0.4, 0.5) is 0 Å². The van der Waals surface area contributed by atoms with E-state index in [2.05, 4.69) is 6.92 Å². The van der Waals surface area contributed by atoms with Gasteiger partial charge in [-0.2, -0.15) is 0 Å². The number of ether oxygens (including phenoxy) is 1. The van der Waals surface area contributed by atoms with Crippen molar-refractivity contribution in [3.63, 3.8) is 0 Å². The summed E-state index contributed by atoms with van der Waals surface area (Å²) in [5.41, 5.74) is 0.112. The standard InChI is InChI=1S/C16H22O4/c1-3-5-9-12(8-4-2)20-16(19)14-11-7-6-10-13(14)15(17)18/h6-7,10-12H,3-5,8-9H2,1-2H3,(H,17,18)/t12-/m1/s1. The van der Waals surface area contributed by atoms with Crippen molar-refractivity contribution in [2.75, 3.05) is 0 Å². The molecular weight excluding hydrogens is 256 g/mol. The second-order valence-electron chi connectivity index (χ2n) is 4.81. The maximum absolute atomic E-state index is 12.1. The smallest absolute Gasteiger partial charge is 0.339 e. The largest absolute Gasteiger partial charge is 0.478 e. The molecule has 0 aliphatic rings. The fourth-order valence-electron chi connectivity index (χ4n) is 2.08. The van der Waals surface area contributed by atoms with E-state index in [1.54, 1.807) is 12.1 Å². The van der Waals surface area contributed by atoms with Crippen LogP contribution in [0.5, 0.6) is 0 Å². The van der Waals surface area contributed by atoms with E-state index < -0.39 is 11.9 Å². The Balaban J connectivity index is 2.80. The zero-order valence-corrected chi connectivity index (χ0v) is 12.1. The molecule has 110 valence electrons. The Hall–Kier alpha value is -1.84. The van der Waals surface area contributed by atoms with Crippen LogP contribution in [-0.4, -0.2) is 23.1 Å². The van der Waals surface area contributed by atoms with E-state index in [9.17, 15) is 9.59 Å². The third kappa shape index (κ3) is 4.68. The Morgan fingerprint density at radius 1 is 1.10 bits per heavy atom. The Kier molecular flexibility index (Phi) is 6.77. The summed E-state index contributed by atoms with van der Waals surface area (Å²) < 4.78 is 5.47. The summed E-state index contributed by atoms with van der Waals surface area (Å²) in [7, 11) is 0. The highest BCUT2D eigenvalue weighted by Crippen LogP contribution is 2.16. The number of hydrogen-bond acceptors (Lipinski definition) is 3. The first-order valence-corrected chi connectivity index (χ1v) is 7.13. The summed E-state index contributed by atoms with van der Waals surface area (Å²) in [5.74, 6) is -1.66. The molecule has 1 aromatic rings. The van der Waals surface area contributed by atoms with E-state index in [0.717, 1.165) is 32.1 Å². The van der Waals surface area contributed by atoms with Gasteiger partial charge in [0.25, 0.3) is 0 Å². The first-order valence-electron chi connectivity index (χ1n) is 7.13. The van der Waals surface area contributed by atoms with Gasteiger partial charge in [0.2, 0.25) is 0 Å². The molecule has 0 amide bonds. The first-order chi connectivity index (χ1) is 9.60. The van der Waals surface area contributed by atoms with E-state index in [1.165, 1.54) is 12.1 Å². The van der Waals surface area contributed by atoms with Crippen molar-refractivity contribution in [2.45, 2.75) is 52.1 Å². The van der Waals surface area contributed by atoms with Crippen molar-refractivity contribution in [2.24, 2.45) is 0 Å². The number of rotatable bonds is 8. The second kappa shape index (κ2) is 8.35. The number of esters is 1. The molecule has 20 heavy (non-hydrogen) atoms. The van der Waals surface area contributed by atoms with Crippen LogP contribution < -0.4 is 0 Å². The molecule has 0 unspecified atom stereocenters. The van der Waals surface area contributed by atoms with Gasteiger partial charge in [-0.25, -0.2) is 9.59 Å². The van der Waals surface area contributed by atoms with Crippen LogP contribution in [0.3, 0.4) is 0 Å². The minimum Gasteiger partial charge on any atom is -0.478 e. The molecule has 0 saturated heterocycles. The fraction of sp³-hybridized carbons (Fsp3) is 0.500. The van der Waals surface area contributed by atoms with Crippen molar-refractivity contribution in [1.82, 2.24) is 0 Å². The molecule has 0 aliphatic heterocycles. The van der Waals surface area contributed by atoms with Gasteiger partial charge in [-0.3, -0.25) is 0 Å². The Morgan fingerprint density at radius 2 is 1.75 bits per heavy atom. The molecule has 0 heterocycles. The number of carboxylic acid groups (broad SMARTS) is 1. The minimum absolute atomic E-state index is 0.0109. The van der Waals surface area contributed by atoms with Gasteiger partial charge in [0.1, 0.15) is 6.10 Å². The van der Waals surface area contributed by atoms with Crippen LogP contribution in [-0.2, 0) is 4.74 Å². The average molecular weight is 278 g/mol. The van der Waals surface area contributed by atoms with Crippen molar-refractivity contribution in [3.05, 3.63) is 35.4 Å². The normalized spacial score (nSPS) is 11.9. The summed E-state index contributed by atoms with van der Waals surface area (Å²) in [6, 6.07) is 6.15. The number of hydrogen-bond donors (Lipinski definition) is 1. The predicted molar refractivity (Wildman–Crippen MR) is 77.0 cm³/mol. The van der Waals surface area contributed by atoms with Crippen LogP contribution in [0.2, 0.25) is 0 Å². The summed E-state index contributed by atoms with van der Waals surface area (Å²) in [4.78, 5) is 23.2. The lowest BCUT2D eigenvalue weighted by Gasteiger charge is -2.17. The molecule has 1 N–H and O–H groups in total. The third-order valence-corrected chi connectivity index (χ3v) is 3.14. The number of benzene rings is 1. The molecule has 0 aliphatic carbocycles. The highest BCUT2D eigenvalue weighted by atomic mass is 16.5. The monoisotopic (exact) mass is 278 g/mol. The lowest BCUT2D eigenvalue weighted by molar-refractivity contribution is 0.0250. The third-order valence-electron chi connectivity index (χ3n) is 3.14. The topological polar surface area (TPSA) is 63.6 Å². The molecule has 0 radical (unpaired) electrons. The maximum atomic E-state index is 12.1. The highest BCUT2D eigenvalue weighted by Gasteiger charge is 2.20. The first kappa shape index (κ1) is 16.2. The lowest BCUT2D eigenvalue weighted by Crippen LogP contribution is -2.20. The molecule has 1 rings (SSSR count). The van der Waals surface area contributed by atoms with Crippen molar-refractivity contribution < 1.29 is 19.4 Å². The molecule has 1 aromatic carbocycles. The van der Waals surface area contributed by atoms with Gasteiger partial charge in [0, 0.05) is 0 Å². The molecule has 1 atom stereocenters. The lowest BCUT2D eigenvalue weighted by atomic mass is 10.1. The second-order valence-corrected chi connectivity index (χ2v) is 4.81. The molecule has 0 bridgehead atoms. The molecule has 0 fully saturated rings. The average Bonchev–Trinajstić information content (AvgIpc) is 2.44. The summed E-state index contributed by atoms with van der Waals surface area (Å²) >= 11 is 0. The Bertz CT molecular complexity index is 454. The molecular formula is C16H22O4. The maximum Gasteiger partial charge on any atom is 0.339 e. The Morgan fingerprint density at radius 3 is 2.30 bits per heavy atom. The molecule has 0 spiro atoms. The SMILES string of the molecule is CCCC[C@@H](CCC)OC(=O)c1ccccc1C(=O)O. The van der Waals surface area contributed by atoms with Crippen molar-refractivity contribution in [3.8, 4) is 0 Å². The minimum atomic E-state index is -1.11. The molecule has 0 saturated carbocycles. The molecule has 4 heteroatoms. The number of unbranched alkanes of at least 4 members (excludes halogenated alkanes) is 1. The molecule has 4 nitrogen and oxygen atoms in total. The van der Waals surface area contributed by atoms with E-state index in [-0.39, 0.29) is 17.2 Å². The summed E-state index contributed by atoms with van der Waals surface area (Å²) in [6.07, 6.45) is 4.48. The number of carbonyl (C=O) groups excluding carboxylic acids is 1. The van der Waals surface area contributed by atoms with Crippen LogP contribution in [0.1, 0.15) is 66.7 Å². The van der Waals surface area contributed by atoms with Gasteiger partial charge in [-0.05, 0) is 25.0 Å². The number of aromatic carboxylic acids is 1. The zero-order chi connectivity index (χ0) is 15.0. The highest BCUT2D eigenvalue weighted by molar-refractivity contribution is 6.02. The van der Waals surface area contributed by atoms with Crippen LogP contribution >= 0.6 is 0 Å². The number of carboxylic acids is 1. The van der Waals surface area contributed by atoms with Gasteiger partial charge in [-0.15, -0.1) is 0 Å². The Labute approximate surface area is 119 Å². The van der Waals surface area contributed by atoms with E-state index in [4.69, 9.17) is 9.84 Å². The van der Waals surface area contributed by atoms with E-state index in [1.807, 2.05) is 6.92 Å². The number of carbonyl (C=O) groups is 2. The van der Waals surface area contributed by atoms with Crippen molar-refractivity contribution in [1.29, 1.82) is 0 Å². The quantitative estimate of drug-likeness (QED) is 0.732. The van der Waals surface area contributed by atoms with Gasteiger partial charge in [0.05, 0.1) is 11.1 Å². The summed E-state index contributed by atoms with van der Waals surface area (Å²) in [5, 5.41) is 9.09. The fourth-order valence-corrected chi connectivity index (χ4v) is 2.08. The van der Waals surface area contributed by atoms with Gasteiger partial charge in [0.15, 0.2) is 0 Å². The van der Waals surface area contributed by atoms with Gasteiger partial charge >= 0.3 is 11.9 Å². The van der Waals surface area contributed by atoms with Gasteiger partial charge in [-0.1, -0.05) is 45.2 Å². The van der Waals surface area contributed by atoms with Crippen molar-refractivity contribution >= 4 is 11.9 Å². The zero-order valence-electron chi connectivity index (χ0n) is 12.1. The van der Waals surface area contributed by atoms with Crippen LogP contribution in [0.15, 0.2) is 24.3 Å².